The summed E-state index contributed by atoms with van der Waals surface area (Å²) in [5, 5.41) is 7.85. The first-order chi connectivity index (χ1) is 15.2. The van der Waals surface area contributed by atoms with Crippen molar-refractivity contribution in [1.82, 2.24) is 19.1 Å². The van der Waals surface area contributed by atoms with E-state index in [0.29, 0.717) is 30.3 Å². The maximum absolute atomic E-state index is 12.9. The summed E-state index contributed by atoms with van der Waals surface area (Å²) in [6.45, 7) is 4.47. The van der Waals surface area contributed by atoms with Gasteiger partial charge in [0.15, 0.2) is 12.3 Å². The molecule has 1 N–H and O–H groups in total. The van der Waals surface area contributed by atoms with Crippen LogP contribution in [0.25, 0.3) is 11.0 Å². The largest absolute Gasteiger partial charge is 0.466 e. The number of sulfonamides is 1. The van der Waals surface area contributed by atoms with E-state index >= 15 is 0 Å². The molecule has 0 radical (unpaired) electrons. The van der Waals surface area contributed by atoms with Gasteiger partial charge in [-0.3, -0.25) is 4.79 Å². The summed E-state index contributed by atoms with van der Waals surface area (Å²) in [5.41, 5.74) is 2.81. The third-order valence-electron chi connectivity index (χ3n) is 5.32. The van der Waals surface area contributed by atoms with E-state index in [4.69, 9.17) is 16.3 Å². The number of fused-ring (bicyclic) bond motifs is 1. The quantitative estimate of drug-likeness (QED) is 0.584. The van der Waals surface area contributed by atoms with E-state index in [9.17, 15) is 13.2 Å². The molecule has 1 amide bonds. The Morgan fingerprint density at radius 2 is 1.94 bits per heavy atom. The van der Waals surface area contributed by atoms with E-state index in [0.717, 1.165) is 29.5 Å². The Labute approximate surface area is 191 Å². The van der Waals surface area contributed by atoms with E-state index in [1.54, 1.807) is 17.8 Å². The van der Waals surface area contributed by atoms with Gasteiger partial charge >= 0.3 is 0 Å². The van der Waals surface area contributed by atoms with Crippen LogP contribution in [-0.2, 0) is 21.9 Å². The maximum Gasteiger partial charge on any atom is 0.262 e. The highest BCUT2D eigenvalue weighted by atomic mass is 35.5. The van der Waals surface area contributed by atoms with Crippen molar-refractivity contribution >= 4 is 44.3 Å². The van der Waals surface area contributed by atoms with Crippen molar-refractivity contribution in [2.75, 3.05) is 25.0 Å². The summed E-state index contributed by atoms with van der Waals surface area (Å²) in [5.74, 6) is -0.135. The molecule has 0 aliphatic carbocycles. The highest BCUT2D eigenvalue weighted by Gasteiger charge is 2.29. The number of hydrogen-bond acceptors (Lipinski definition) is 6. The lowest BCUT2D eigenvalue weighted by Gasteiger charge is -2.17. The van der Waals surface area contributed by atoms with Gasteiger partial charge < -0.3 is 10.1 Å². The zero-order valence-corrected chi connectivity index (χ0v) is 19.6. The lowest BCUT2D eigenvalue weighted by atomic mass is 10.2. The molecule has 0 atom stereocenters. The van der Waals surface area contributed by atoms with Gasteiger partial charge in [0.2, 0.25) is 15.9 Å². The van der Waals surface area contributed by atoms with E-state index in [1.807, 2.05) is 19.9 Å². The molecule has 1 aromatic carbocycles. The number of aryl methyl sites for hydroxylation is 3. The molecule has 0 unspecified atom stereocenters. The van der Waals surface area contributed by atoms with E-state index in [-0.39, 0.29) is 16.5 Å². The second-order valence-corrected chi connectivity index (χ2v) is 10.1. The average Bonchev–Trinajstić information content (AvgIpc) is 3.37. The van der Waals surface area contributed by atoms with Crippen LogP contribution in [0.1, 0.15) is 24.1 Å². The fraction of sp³-hybridized carbons (Fsp3) is 0.381. The molecule has 170 valence electrons. The molecule has 0 spiro atoms. The maximum atomic E-state index is 12.9. The Kier molecular flexibility index (Phi) is 6.11. The minimum Gasteiger partial charge on any atom is -0.466 e. The summed E-state index contributed by atoms with van der Waals surface area (Å²) in [6, 6.07) is 6.31. The van der Waals surface area contributed by atoms with Gasteiger partial charge in [0.1, 0.15) is 4.90 Å². The Hall–Kier alpha value is -2.69. The predicted octanol–water partition coefficient (Wildman–Crippen LogP) is 3.04. The second kappa shape index (κ2) is 8.68. The fourth-order valence-corrected chi connectivity index (χ4v) is 5.85. The molecule has 9 nitrogen and oxygen atoms in total. The monoisotopic (exact) mass is 477 g/mol. The molecule has 0 saturated carbocycles. The minimum absolute atomic E-state index is 0.0208. The zero-order valence-electron chi connectivity index (χ0n) is 18.1. The van der Waals surface area contributed by atoms with Crippen LogP contribution >= 0.6 is 11.6 Å². The van der Waals surface area contributed by atoms with Gasteiger partial charge in [0, 0.05) is 31.5 Å². The van der Waals surface area contributed by atoms with Crippen molar-refractivity contribution in [3.05, 3.63) is 40.5 Å². The van der Waals surface area contributed by atoms with Crippen molar-refractivity contribution in [3.8, 4) is 5.88 Å². The van der Waals surface area contributed by atoms with Gasteiger partial charge in [-0.2, -0.15) is 4.31 Å². The van der Waals surface area contributed by atoms with E-state index in [2.05, 4.69) is 15.4 Å². The molecule has 1 fully saturated rings. The van der Waals surface area contributed by atoms with Gasteiger partial charge in [0.25, 0.3) is 5.91 Å². The van der Waals surface area contributed by atoms with Gasteiger partial charge in [-0.25, -0.2) is 18.1 Å². The fourth-order valence-electron chi connectivity index (χ4n) is 3.83. The Bertz CT molecular complexity index is 1300. The number of benzene rings is 1. The van der Waals surface area contributed by atoms with Crippen molar-refractivity contribution in [1.29, 1.82) is 0 Å². The molecule has 4 rings (SSSR count). The van der Waals surface area contributed by atoms with Crippen LogP contribution < -0.4 is 10.1 Å². The molecular weight excluding hydrogens is 454 g/mol. The summed E-state index contributed by atoms with van der Waals surface area (Å²) < 4.78 is 34.4. The highest BCUT2D eigenvalue weighted by Crippen LogP contribution is 2.30. The number of ether oxygens (including phenoxy) is 1. The smallest absolute Gasteiger partial charge is 0.262 e. The van der Waals surface area contributed by atoms with E-state index < -0.39 is 15.9 Å². The van der Waals surface area contributed by atoms with Crippen molar-refractivity contribution < 1.29 is 17.9 Å². The topological polar surface area (TPSA) is 106 Å². The van der Waals surface area contributed by atoms with Crippen molar-refractivity contribution in [2.24, 2.45) is 7.05 Å². The number of hydrogen-bond donors (Lipinski definition) is 1. The highest BCUT2D eigenvalue weighted by molar-refractivity contribution is 7.89. The van der Waals surface area contributed by atoms with Crippen molar-refractivity contribution in [2.45, 2.75) is 31.6 Å². The molecular formula is C21H24ClN5O4S. The molecule has 1 saturated heterocycles. The molecule has 32 heavy (non-hydrogen) atoms. The zero-order chi connectivity index (χ0) is 23.0. The van der Waals surface area contributed by atoms with Crippen LogP contribution in [0.5, 0.6) is 5.88 Å². The Morgan fingerprint density at radius 1 is 1.22 bits per heavy atom. The first-order valence-corrected chi connectivity index (χ1v) is 12.0. The molecule has 11 heteroatoms. The number of anilines is 1. The van der Waals surface area contributed by atoms with E-state index in [1.165, 1.54) is 16.4 Å². The second-order valence-electron chi connectivity index (χ2n) is 7.80. The van der Waals surface area contributed by atoms with Crippen LogP contribution in [0.15, 0.2) is 29.2 Å². The molecule has 1 aliphatic heterocycles. The summed E-state index contributed by atoms with van der Waals surface area (Å²) in [4.78, 5) is 16.9. The van der Waals surface area contributed by atoms with Crippen molar-refractivity contribution in [3.63, 3.8) is 0 Å². The summed E-state index contributed by atoms with van der Waals surface area (Å²) in [6.07, 6.45) is 1.64. The number of carbonyl (C=O) groups is 1. The first kappa shape index (κ1) is 22.5. The molecule has 2 aromatic heterocycles. The number of amides is 1. The van der Waals surface area contributed by atoms with Crippen LogP contribution in [0, 0.1) is 13.8 Å². The average molecular weight is 478 g/mol. The van der Waals surface area contributed by atoms with Crippen LogP contribution in [-0.4, -0.2) is 53.1 Å². The van der Waals surface area contributed by atoms with Gasteiger partial charge in [0.05, 0.1) is 10.4 Å². The third-order valence-corrected chi connectivity index (χ3v) is 7.70. The number of halogens is 1. The van der Waals surface area contributed by atoms with Crippen LogP contribution in [0.3, 0.4) is 0 Å². The van der Waals surface area contributed by atoms with Crippen LogP contribution in [0.4, 0.5) is 5.69 Å². The summed E-state index contributed by atoms with van der Waals surface area (Å²) >= 11 is 6.16. The van der Waals surface area contributed by atoms with Gasteiger partial charge in [-0.15, -0.1) is 5.10 Å². The number of pyridine rings is 1. The summed E-state index contributed by atoms with van der Waals surface area (Å²) in [7, 11) is -1.95. The molecule has 3 heterocycles. The standard InChI is InChI=1S/C21H24ClN5O4S/c1-13-10-14(2)23-20-19(13)21(25-26(20)3)31-12-18(28)24-15-6-7-16(22)17(11-15)32(29,30)27-8-4-5-9-27/h6-7,10-11H,4-5,8-9,12H2,1-3H3,(H,24,28). The lowest BCUT2D eigenvalue weighted by molar-refractivity contribution is -0.118. The van der Waals surface area contributed by atoms with Gasteiger partial charge in [-0.1, -0.05) is 11.6 Å². The molecule has 3 aromatic rings. The number of nitrogens with zero attached hydrogens (tertiary/aromatic N) is 4. The number of rotatable bonds is 6. The molecule has 1 aliphatic rings. The SMILES string of the molecule is Cc1cc(C)c2c(OCC(=O)Nc3ccc(Cl)c(S(=O)(=O)N4CCCC4)c3)nn(C)c2n1. The Morgan fingerprint density at radius 3 is 2.66 bits per heavy atom. The number of carbonyl (C=O) groups excluding carboxylic acids is 1. The third kappa shape index (κ3) is 4.30. The van der Waals surface area contributed by atoms with Gasteiger partial charge in [-0.05, 0) is 56.5 Å². The predicted molar refractivity (Wildman–Crippen MR) is 122 cm³/mol. The lowest BCUT2D eigenvalue weighted by Crippen LogP contribution is -2.28. The Balaban J connectivity index is 1.49. The minimum atomic E-state index is -3.71. The molecule has 0 bridgehead atoms. The normalized spacial score (nSPS) is 14.8. The number of aromatic nitrogens is 3. The number of nitrogens with one attached hydrogen (secondary N) is 1. The first-order valence-electron chi connectivity index (χ1n) is 10.2. The van der Waals surface area contributed by atoms with Crippen LogP contribution in [0.2, 0.25) is 5.02 Å².